The Morgan fingerprint density at radius 1 is 0.425 bits per heavy atom. The van der Waals surface area contributed by atoms with Gasteiger partial charge >= 0.3 is 0 Å². The minimum Gasteiger partial charge on any atom is -0.254 e. The van der Waals surface area contributed by atoms with Crippen molar-refractivity contribution in [1.82, 2.24) is 19.9 Å². The van der Waals surface area contributed by atoms with Gasteiger partial charge in [-0.2, -0.15) is 0 Å². The zero-order valence-corrected chi connectivity index (χ0v) is 24.3. The average Bonchev–Trinajstić information content (AvgIpc) is 3.00. The molecule has 7 rings (SSSR count). The van der Waals surface area contributed by atoms with Gasteiger partial charge in [0.1, 0.15) is 0 Å². The molecule has 0 N–H and O–H groups in total. The average molecular weight is 644 g/mol. The molecule has 0 fully saturated rings. The van der Waals surface area contributed by atoms with Crippen molar-refractivity contribution in [3.8, 4) is 45.2 Å². The molecule has 0 saturated heterocycles. The molecule has 0 amide bonds. The Morgan fingerprint density at radius 3 is 1.77 bits per heavy atom. The Kier molecular flexibility index (Phi) is 6.42. The van der Waals surface area contributed by atoms with Crippen LogP contribution in [0.25, 0.3) is 67.0 Å². The molecule has 3 aromatic heterocycles. The summed E-state index contributed by atoms with van der Waals surface area (Å²) in [5, 5.41) is 2.16. The highest BCUT2D eigenvalue weighted by atomic mass is 79.9. The highest BCUT2D eigenvalue weighted by Crippen LogP contribution is 2.32. The zero-order valence-electron chi connectivity index (χ0n) is 21.1. The van der Waals surface area contributed by atoms with Crippen LogP contribution >= 0.6 is 31.9 Å². The van der Waals surface area contributed by atoms with Gasteiger partial charge in [0.2, 0.25) is 0 Å². The van der Waals surface area contributed by atoms with Crippen LogP contribution in [-0.4, -0.2) is 19.9 Å². The van der Waals surface area contributed by atoms with E-state index in [2.05, 4.69) is 104 Å². The van der Waals surface area contributed by atoms with Gasteiger partial charge in [0.15, 0.2) is 5.82 Å². The third kappa shape index (κ3) is 4.81. The van der Waals surface area contributed by atoms with Crippen LogP contribution in [-0.2, 0) is 0 Å². The summed E-state index contributed by atoms with van der Waals surface area (Å²) in [6, 6.07) is 39.0. The van der Waals surface area contributed by atoms with Gasteiger partial charge in [-0.25, -0.2) is 15.0 Å². The van der Waals surface area contributed by atoms with Crippen LogP contribution in [0.15, 0.2) is 130 Å². The van der Waals surface area contributed by atoms with Gasteiger partial charge in [-0.3, -0.25) is 4.98 Å². The van der Waals surface area contributed by atoms with E-state index in [1.54, 1.807) is 0 Å². The summed E-state index contributed by atoms with van der Waals surface area (Å²) in [6.07, 6.45) is 1.82. The second-order valence-electron chi connectivity index (χ2n) is 9.47. The normalized spacial score (nSPS) is 11.2. The Balaban J connectivity index is 1.31. The fourth-order valence-electron chi connectivity index (χ4n) is 4.86. The summed E-state index contributed by atoms with van der Waals surface area (Å²) in [5.41, 5.74) is 8.45. The van der Waals surface area contributed by atoms with Crippen LogP contribution in [0.5, 0.6) is 0 Å². The predicted octanol–water partition coefficient (Wildman–Crippen LogP) is 9.77. The topological polar surface area (TPSA) is 51.6 Å². The van der Waals surface area contributed by atoms with Gasteiger partial charge in [0.05, 0.1) is 28.1 Å². The molecule has 0 bridgehead atoms. The maximum atomic E-state index is 5.00. The van der Waals surface area contributed by atoms with E-state index in [-0.39, 0.29) is 0 Å². The van der Waals surface area contributed by atoms with Gasteiger partial charge in [0.25, 0.3) is 0 Å². The standard InChI is InChI=1S/C34H20Br2N4/c35-27-17-26(18-28(36)19-27)31-20-30(39-34(40-31)25-5-2-1-3-6-25)22-10-8-21(9-11-22)29-15-14-24-13-12-23-7-4-16-37-32(23)33(24)38-29/h1-20H. The lowest BCUT2D eigenvalue weighted by molar-refractivity contribution is 1.18. The summed E-state index contributed by atoms with van der Waals surface area (Å²) in [4.78, 5) is 19.5. The molecule has 0 aliphatic heterocycles. The first-order chi connectivity index (χ1) is 19.6. The second-order valence-corrected chi connectivity index (χ2v) is 11.3. The summed E-state index contributed by atoms with van der Waals surface area (Å²) in [5.74, 6) is 0.684. The van der Waals surface area contributed by atoms with E-state index >= 15 is 0 Å². The number of rotatable bonds is 4. The first-order valence-corrected chi connectivity index (χ1v) is 14.4. The number of halogens is 2. The first kappa shape index (κ1) is 24.8. The molecule has 0 atom stereocenters. The summed E-state index contributed by atoms with van der Waals surface area (Å²) < 4.78 is 1.96. The number of nitrogens with zero attached hydrogens (tertiary/aromatic N) is 4. The monoisotopic (exact) mass is 642 g/mol. The lowest BCUT2D eigenvalue weighted by atomic mass is 10.0. The summed E-state index contributed by atoms with van der Waals surface area (Å²) >= 11 is 7.22. The van der Waals surface area contributed by atoms with Gasteiger partial charge in [-0.15, -0.1) is 0 Å². The second kappa shape index (κ2) is 10.4. The fraction of sp³-hybridized carbons (Fsp3) is 0. The number of hydrogen-bond acceptors (Lipinski definition) is 4. The molecule has 0 saturated carbocycles. The van der Waals surface area contributed by atoms with Crippen molar-refractivity contribution >= 4 is 53.7 Å². The number of fused-ring (bicyclic) bond motifs is 3. The van der Waals surface area contributed by atoms with Crippen molar-refractivity contribution in [2.75, 3.05) is 0 Å². The van der Waals surface area contributed by atoms with Crippen molar-refractivity contribution in [2.45, 2.75) is 0 Å². The molecule has 6 heteroatoms. The van der Waals surface area contributed by atoms with Crippen LogP contribution in [0.3, 0.4) is 0 Å². The number of benzene rings is 4. The van der Waals surface area contributed by atoms with Gasteiger partial charge < -0.3 is 0 Å². The molecular weight excluding hydrogens is 624 g/mol. The molecule has 4 aromatic carbocycles. The Bertz CT molecular complexity index is 2000. The first-order valence-electron chi connectivity index (χ1n) is 12.8. The molecule has 0 radical (unpaired) electrons. The van der Waals surface area contributed by atoms with E-state index in [4.69, 9.17) is 15.0 Å². The Hall–Kier alpha value is -4.26. The van der Waals surface area contributed by atoms with Crippen molar-refractivity contribution < 1.29 is 0 Å². The summed E-state index contributed by atoms with van der Waals surface area (Å²) in [6.45, 7) is 0. The van der Waals surface area contributed by atoms with Crippen molar-refractivity contribution in [3.05, 3.63) is 130 Å². The predicted molar refractivity (Wildman–Crippen MR) is 170 cm³/mol. The van der Waals surface area contributed by atoms with E-state index in [9.17, 15) is 0 Å². The van der Waals surface area contributed by atoms with Crippen LogP contribution < -0.4 is 0 Å². The fourth-order valence-corrected chi connectivity index (χ4v) is 6.15. The molecule has 0 aliphatic carbocycles. The van der Waals surface area contributed by atoms with Gasteiger partial charge in [0, 0.05) is 48.2 Å². The van der Waals surface area contributed by atoms with E-state index in [1.807, 2.05) is 54.7 Å². The minimum atomic E-state index is 0.684. The quantitative estimate of drug-likeness (QED) is 0.179. The third-order valence-electron chi connectivity index (χ3n) is 6.83. The highest BCUT2D eigenvalue weighted by molar-refractivity contribution is 9.11. The molecule has 4 nitrogen and oxygen atoms in total. The minimum absolute atomic E-state index is 0.684. The molecule has 40 heavy (non-hydrogen) atoms. The third-order valence-corrected chi connectivity index (χ3v) is 7.74. The number of aromatic nitrogens is 4. The largest absolute Gasteiger partial charge is 0.254 e. The molecule has 0 spiro atoms. The van der Waals surface area contributed by atoms with Crippen LogP contribution in [0.2, 0.25) is 0 Å². The molecule has 7 aromatic rings. The maximum absolute atomic E-state index is 5.00. The molecular formula is C34H20Br2N4. The van der Waals surface area contributed by atoms with Crippen LogP contribution in [0.4, 0.5) is 0 Å². The van der Waals surface area contributed by atoms with E-state index in [0.29, 0.717) is 5.82 Å². The van der Waals surface area contributed by atoms with Gasteiger partial charge in [-0.05, 0) is 36.4 Å². The SMILES string of the molecule is Brc1cc(Br)cc(-c2cc(-c3ccc(-c4ccc5ccc6cccnc6c5n4)cc3)nc(-c3ccccc3)n2)c1. The Morgan fingerprint density at radius 2 is 1.05 bits per heavy atom. The van der Waals surface area contributed by atoms with E-state index in [1.165, 1.54) is 0 Å². The maximum Gasteiger partial charge on any atom is 0.160 e. The van der Waals surface area contributed by atoms with E-state index < -0.39 is 0 Å². The van der Waals surface area contributed by atoms with Gasteiger partial charge in [-0.1, -0.05) is 111 Å². The van der Waals surface area contributed by atoms with Crippen molar-refractivity contribution in [3.63, 3.8) is 0 Å². The lowest BCUT2D eigenvalue weighted by Crippen LogP contribution is -1.96. The molecule has 0 unspecified atom stereocenters. The zero-order chi connectivity index (χ0) is 27.1. The van der Waals surface area contributed by atoms with Crippen LogP contribution in [0.1, 0.15) is 0 Å². The van der Waals surface area contributed by atoms with Crippen molar-refractivity contribution in [1.29, 1.82) is 0 Å². The highest BCUT2D eigenvalue weighted by Gasteiger charge is 2.12. The number of hydrogen-bond donors (Lipinski definition) is 0. The Labute approximate surface area is 248 Å². The molecule has 0 aliphatic rings. The molecule has 3 heterocycles. The molecule has 190 valence electrons. The smallest absolute Gasteiger partial charge is 0.160 e. The summed E-state index contributed by atoms with van der Waals surface area (Å²) in [7, 11) is 0. The van der Waals surface area contributed by atoms with E-state index in [0.717, 1.165) is 70.1 Å². The lowest BCUT2D eigenvalue weighted by Gasteiger charge is -2.11. The van der Waals surface area contributed by atoms with Crippen LogP contribution in [0, 0.1) is 0 Å². The van der Waals surface area contributed by atoms with Crippen molar-refractivity contribution in [2.24, 2.45) is 0 Å². The number of pyridine rings is 2.